The number of hydrogen-bond donors (Lipinski definition) is 0. The van der Waals surface area contributed by atoms with E-state index >= 15 is 0 Å². The van der Waals surface area contributed by atoms with Gasteiger partial charge in [0.2, 0.25) is 5.82 Å². The van der Waals surface area contributed by atoms with Crippen LogP contribution in [0.25, 0.3) is 11.6 Å². The first-order valence-corrected chi connectivity index (χ1v) is 5.98. The number of furan rings is 1. The standard InChI is InChI=1S/C10H10N8O/c1-2-8(19-5-1)10-12-15-17(13-10)6-9-11-14-16-18(9)7-3-4-7/h1-2,5,7H,3-4,6H2. The molecule has 0 radical (unpaired) electrons. The second-order valence-corrected chi connectivity index (χ2v) is 4.39. The third kappa shape index (κ3) is 1.88. The van der Waals surface area contributed by atoms with Crippen molar-refractivity contribution < 1.29 is 4.42 Å². The SMILES string of the molecule is c1coc(-c2nnn(Cc3nnnn3C3CC3)n2)c1. The van der Waals surface area contributed by atoms with Gasteiger partial charge in [-0.1, -0.05) is 0 Å². The number of hydrogen-bond acceptors (Lipinski definition) is 7. The van der Waals surface area contributed by atoms with Crippen molar-refractivity contribution in [2.24, 2.45) is 0 Å². The number of nitrogens with zero attached hydrogens (tertiary/aromatic N) is 8. The van der Waals surface area contributed by atoms with Gasteiger partial charge in [0, 0.05) is 0 Å². The van der Waals surface area contributed by atoms with Crippen LogP contribution in [-0.2, 0) is 6.54 Å². The first-order valence-electron chi connectivity index (χ1n) is 5.98. The minimum atomic E-state index is 0.400. The predicted octanol–water partition coefficient (Wildman–Crippen LogP) is 0.303. The van der Waals surface area contributed by atoms with Crippen LogP contribution in [0.5, 0.6) is 0 Å². The second-order valence-electron chi connectivity index (χ2n) is 4.39. The van der Waals surface area contributed by atoms with Gasteiger partial charge in [0.1, 0.15) is 6.54 Å². The highest BCUT2D eigenvalue weighted by Gasteiger charge is 2.28. The molecular weight excluding hydrogens is 248 g/mol. The summed E-state index contributed by atoms with van der Waals surface area (Å²) >= 11 is 0. The first kappa shape index (κ1) is 10.4. The highest BCUT2D eigenvalue weighted by molar-refractivity contribution is 5.43. The van der Waals surface area contributed by atoms with Crippen molar-refractivity contribution in [2.75, 3.05) is 0 Å². The minimum absolute atomic E-state index is 0.400. The van der Waals surface area contributed by atoms with E-state index in [1.807, 2.05) is 4.68 Å². The molecule has 0 aromatic carbocycles. The van der Waals surface area contributed by atoms with Gasteiger partial charge >= 0.3 is 0 Å². The van der Waals surface area contributed by atoms with Crippen molar-refractivity contribution in [3.63, 3.8) is 0 Å². The Morgan fingerprint density at radius 1 is 1.26 bits per heavy atom. The summed E-state index contributed by atoms with van der Waals surface area (Å²) < 4.78 is 7.05. The quantitative estimate of drug-likeness (QED) is 0.663. The maximum absolute atomic E-state index is 5.22. The van der Waals surface area contributed by atoms with E-state index in [4.69, 9.17) is 4.42 Å². The van der Waals surface area contributed by atoms with Crippen LogP contribution in [-0.4, -0.2) is 40.4 Å². The lowest BCUT2D eigenvalue weighted by molar-refractivity contribution is 0.508. The molecule has 19 heavy (non-hydrogen) atoms. The molecule has 0 aliphatic heterocycles. The molecule has 1 aliphatic carbocycles. The molecule has 0 bridgehead atoms. The zero-order valence-electron chi connectivity index (χ0n) is 9.92. The summed E-state index contributed by atoms with van der Waals surface area (Å²) in [4.78, 5) is 1.46. The van der Waals surface area contributed by atoms with Crippen LogP contribution in [0, 0.1) is 0 Å². The van der Waals surface area contributed by atoms with Gasteiger partial charge in [-0.25, -0.2) is 4.68 Å². The van der Waals surface area contributed by atoms with Gasteiger partial charge in [0.05, 0.1) is 12.3 Å². The van der Waals surface area contributed by atoms with Gasteiger partial charge in [0.25, 0.3) is 0 Å². The Bertz CT molecular complexity index is 680. The van der Waals surface area contributed by atoms with Gasteiger partial charge in [-0.3, -0.25) is 0 Å². The van der Waals surface area contributed by atoms with Crippen LogP contribution >= 0.6 is 0 Å². The highest BCUT2D eigenvalue weighted by atomic mass is 16.3. The van der Waals surface area contributed by atoms with Crippen LogP contribution in [0.2, 0.25) is 0 Å². The molecule has 3 aromatic rings. The molecule has 1 saturated carbocycles. The maximum Gasteiger partial charge on any atom is 0.240 e. The van der Waals surface area contributed by atoms with Gasteiger partial charge in [-0.2, -0.15) is 4.80 Å². The largest absolute Gasteiger partial charge is 0.461 e. The normalized spacial score (nSPS) is 14.9. The van der Waals surface area contributed by atoms with Crippen molar-refractivity contribution in [3.8, 4) is 11.6 Å². The molecule has 9 nitrogen and oxygen atoms in total. The Labute approximate surface area is 107 Å². The summed E-state index contributed by atoms with van der Waals surface area (Å²) in [5.41, 5.74) is 0. The molecule has 4 rings (SSSR count). The van der Waals surface area contributed by atoms with Crippen molar-refractivity contribution in [1.82, 2.24) is 40.4 Å². The number of tetrazole rings is 2. The molecule has 0 unspecified atom stereocenters. The fourth-order valence-electron chi connectivity index (χ4n) is 1.86. The van der Waals surface area contributed by atoms with E-state index in [1.54, 1.807) is 18.4 Å². The molecule has 1 aliphatic rings. The molecule has 1 fully saturated rings. The molecule has 0 amide bonds. The molecule has 0 atom stereocenters. The van der Waals surface area contributed by atoms with Crippen LogP contribution in [0.15, 0.2) is 22.8 Å². The number of aromatic nitrogens is 8. The fourth-order valence-corrected chi connectivity index (χ4v) is 1.86. The summed E-state index contributed by atoms with van der Waals surface area (Å²) in [6.07, 6.45) is 3.82. The van der Waals surface area contributed by atoms with E-state index in [0.29, 0.717) is 24.2 Å². The maximum atomic E-state index is 5.22. The molecule has 0 N–H and O–H groups in total. The molecule has 96 valence electrons. The predicted molar refractivity (Wildman–Crippen MR) is 60.7 cm³/mol. The lowest BCUT2D eigenvalue weighted by Crippen LogP contribution is -2.11. The Hall–Kier alpha value is -2.58. The van der Waals surface area contributed by atoms with E-state index in [0.717, 1.165) is 18.7 Å². The number of rotatable bonds is 4. The second kappa shape index (κ2) is 3.97. The van der Waals surface area contributed by atoms with Crippen LogP contribution in [0.3, 0.4) is 0 Å². The van der Waals surface area contributed by atoms with Gasteiger partial charge < -0.3 is 4.42 Å². The molecule has 0 saturated heterocycles. The zero-order valence-corrected chi connectivity index (χ0v) is 9.92. The van der Waals surface area contributed by atoms with Crippen LogP contribution < -0.4 is 0 Å². The van der Waals surface area contributed by atoms with Gasteiger partial charge in [0.15, 0.2) is 11.6 Å². The van der Waals surface area contributed by atoms with E-state index in [-0.39, 0.29) is 0 Å². The molecule has 3 heterocycles. The van der Waals surface area contributed by atoms with Crippen LogP contribution in [0.4, 0.5) is 0 Å². The lowest BCUT2D eigenvalue weighted by atomic mass is 10.4. The monoisotopic (exact) mass is 258 g/mol. The Balaban J connectivity index is 1.58. The fraction of sp³-hybridized carbons (Fsp3) is 0.400. The lowest BCUT2D eigenvalue weighted by Gasteiger charge is -2.00. The summed E-state index contributed by atoms with van der Waals surface area (Å²) in [5, 5.41) is 23.8. The molecule has 3 aromatic heterocycles. The van der Waals surface area contributed by atoms with Crippen molar-refractivity contribution in [3.05, 3.63) is 24.2 Å². The van der Waals surface area contributed by atoms with E-state index in [2.05, 4.69) is 30.9 Å². The van der Waals surface area contributed by atoms with Crippen molar-refractivity contribution in [2.45, 2.75) is 25.4 Å². The van der Waals surface area contributed by atoms with Gasteiger partial charge in [-0.05, 0) is 40.6 Å². The van der Waals surface area contributed by atoms with Crippen LogP contribution in [0.1, 0.15) is 24.7 Å². The zero-order chi connectivity index (χ0) is 12.7. The smallest absolute Gasteiger partial charge is 0.240 e. The average molecular weight is 258 g/mol. The molecule has 9 heteroatoms. The van der Waals surface area contributed by atoms with E-state index in [9.17, 15) is 0 Å². The Morgan fingerprint density at radius 3 is 3.00 bits per heavy atom. The van der Waals surface area contributed by atoms with Crippen molar-refractivity contribution >= 4 is 0 Å². The average Bonchev–Trinajstić information content (AvgIpc) is 2.91. The summed E-state index contributed by atoms with van der Waals surface area (Å²) in [6, 6.07) is 4.00. The molecule has 0 spiro atoms. The third-order valence-corrected chi connectivity index (χ3v) is 2.93. The molecular formula is C10H10N8O. The summed E-state index contributed by atoms with van der Waals surface area (Å²) in [6.45, 7) is 0.400. The van der Waals surface area contributed by atoms with Crippen molar-refractivity contribution in [1.29, 1.82) is 0 Å². The highest BCUT2D eigenvalue weighted by Crippen LogP contribution is 2.34. The summed E-state index contributed by atoms with van der Waals surface area (Å²) in [5.74, 6) is 1.79. The first-order chi connectivity index (χ1) is 9.40. The summed E-state index contributed by atoms with van der Waals surface area (Å²) in [7, 11) is 0. The van der Waals surface area contributed by atoms with E-state index < -0.39 is 0 Å². The Kier molecular flexibility index (Phi) is 2.16. The third-order valence-electron chi connectivity index (χ3n) is 2.93. The van der Waals surface area contributed by atoms with E-state index in [1.165, 1.54) is 4.80 Å². The van der Waals surface area contributed by atoms with Gasteiger partial charge in [-0.15, -0.1) is 15.3 Å². The topological polar surface area (TPSA) is 100 Å². The Morgan fingerprint density at radius 2 is 2.21 bits per heavy atom. The minimum Gasteiger partial charge on any atom is -0.461 e.